The zero-order valence-corrected chi connectivity index (χ0v) is 10.3. The molecule has 1 unspecified atom stereocenters. The van der Waals surface area contributed by atoms with E-state index in [1.165, 1.54) is 0 Å². The first-order valence-electron chi connectivity index (χ1n) is 5.84. The highest BCUT2D eigenvalue weighted by Gasteiger charge is 2.23. The van der Waals surface area contributed by atoms with Crippen molar-refractivity contribution in [2.45, 2.75) is 12.5 Å². The average Bonchev–Trinajstić information content (AvgIpc) is 2.39. The second-order valence-corrected chi connectivity index (χ2v) is 4.50. The lowest BCUT2D eigenvalue weighted by molar-refractivity contribution is 0.00760. The molecule has 0 saturated carbocycles. The normalized spacial score (nSPS) is 13.9. The highest BCUT2D eigenvalue weighted by Crippen LogP contribution is 2.22. The van der Waals surface area contributed by atoms with Gasteiger partial charge in [0, 0.05) is 5.69 Å². The van der Waals surface area contributed by atoms with Crippen LogP contribution >= 0.6 is 0 Å². The number of nitrogen functional groups attached to an aromatic ring is 1. The van der Waals surface area contributed by atoms with Crippen molar-refractivity contribution in [3.05, 3.63) is 60.2 Å². The minimum atomic E-state index is -1.01. The molecule has 0 aromatic heterocycles. The van der Waals surface area contributed by atoms with Gasteiger partial charge in [-0.2, -0.15) is 0 Å². The molecule has 0 spiro atoms. The molecule has 3 nitrogen and oxygen atoms in total. The van der Waals surface area contributed by atoms with Crippen molar-refractivity contribution < 1.29 is 9.84 Å². The Morgan fingerprint density at radius 2 is 1.67 bits per heavy atom. The number of anilines is 1. The van der Waals surface area contributed by atoms with E-state index in [9.17, 15) is 5.11 Å². The van der Waals surface area contributed by atoms with Gasteiger partial charge in [-0.3, -0.25) is 0 Å². The van der Waals surface area contributed by atoms with E-state index in [4.69, 9.17) is 10.5 Å². The van der Waals surface area contributed by atoms with E-state index in [1.807, 2.05) is 30.3 Å². The zero-order valence-electron chi connectivity index (χ0n) is 10.3. The standard InChI is InChI=1S/C15H17NO2/c1-15(17,12-5-3-2-4-6-12)11-18-14-9-7-13(16)8-10-14/h2-10,17H,11,16H2,1H3. The summed E-state index contributed by atoms with van der Waals surface area (Å²) in [6.45, 7) is 1.93. The predicted octanol–water partition coefficient (Wildman–Crippen LogP) is 2.56. The van der Waals surface area contributed by atoms with Gasteiger partial charge in [-0.25, -0.2) is 0 Å². The Balaban J connectivity index is 2.03. The van der Waals surface area contributed by atoms with Crippen LogP contribution in [0.15, 0.2) is 54.6 Å². The summed E-state index contributed by atoms with van der Waals surface area (Å²) in [5.74, 6) is 0.695. The molecule has 0 aliphatic carbocycles. The Hall–Kier alpha value is -2.00. The summed E-state index contributed by atoms with van der Waals surface area (Å²) in [5.41, 5.74) is 6.11. The highest BCUT2D eigenvalue weighted by atomic mass is 16.5. The summed E-state index contributed by atoms with van der Waals surface area (Å²) in [7, 11) is 0. The van der Waals surface area contributed by atoms with Gasteiger partial charge in [0.05, 0.1) is 0 Å². The molecule has 2 rings (SSSR count). The van der Waals surface area contributed by atoms with E-state index in [0.717, 1.165) is 5.56 Å². The van der Waals surface area contributed by atoms with Gasteiger partial charge >= 0.3 is 0 Å². The number of aliphatic hydroxyl groups is 1. The Bertz CT molecular complexity index is 492. The average molecular weight is 243 g/mol. The molecule has 0 amide bonds. The van der Waals surface area contributed by atoms with Gasteiger partial charge in [0.25, 0.3) is 0 Å². The van der Waals surface area contributed by atoms with Gasteiger partial charge in [-0.15, -0.1) is 0 Å². The number of ether oxygens (including phenoxy) is 1. The molecule has 0 bridgehead atoms. The first kappa shape index (κ1) is 12.5. The van der Waals surface area contributed by atoms with Crippen molar-refractivity contribution in [2.24, 2.45) is 0 Å². The quantitative estimate of drug-likeness (QED) is 0.811. The lowest BCUT2D eigenvalue weighted by atomic mass is 9.97. The topological polar surface area (TPSA) is 55.5 Å². The maximum atomic E-state index is 10.4. The Kier molecular flexibility index (Phi) is 3.53. The van der Waals surface area contributed by atoms with Crippen molar-refractivity contribution in [1.82, 2.24) is 0 Å². The molecule has 18 heavy (non-hydrogen) atoms. The van der Waals surface area contributed by atoms with Crippen molar-refractivity contribution in [2.75, 3.05) is 12.3 Å². The second kappa shape index (κ2) is 5.10. The molecule has 2 aromatic carbocycles. The van der Waals surface area contributed by atoms with Crippen LogP contribution in [-0.2, 0) is 5.60 Å². The van der Waals surface area contributed by atoms with Crippen LogP contribution < -0.4 is 10.5 Å². The third-order valence-corrected chi connectivity index (χ3v) is 2.80. The number of hydrogen-bond acceptors (Lipinski definition) is 3. The molecule has 0 aliphatic heterocycles. The molecular weight excluding hydrogens is 226 g/mol. The van der Waals surface area contributed by atoms with Gasteiger partial charge < -0.3 is 15.6 Å². The zero-order chi connectivity index (χ0) is 13.0. The molecule has 94 valence electrons. The molecule has 0 saturated heterocycles. The highest BCUT2D eigenvalue weighted by molar-refractivity contribution is 5.41. The number of rotatable bonds is 4. The van der Waals surface area contributed by atoms with Gasteiger partial charge in [0.1, 0.15) is 18.0 Å². The number of nitrogens with two attached hydrogens (primary N) is 1. The largest absolute Gasteiger partial charge is 0.490 e. The predicted molar refractivity (Wildman–Crippen MR) is 72.4 cm³/mol. The maximum absolute atomic E-state index is 10.4. The number of benzene rings is 2. The third-order valence-electron chi connectivity index (χ3n) is 2.80. The third kappa shape index (κ3) is 3.02. The van der Waals surface area contributed by atoms with Crippen molar-refractivity contribution in [1.29, 1.82) is 0 Å². The Morgan fingerprint density at radius 3 is 2.28 bits per heavy atom. The van der Waals surface area contributed by atoms with Crippen molar-refractivity contribution in [3.8, 4) is 5.75 Å². The first-order valence-corrected chi connectivity index (χ1v) is 5.84. The summed E-state index contributed by atoms with van der Waals surface area (Å²) in [5, 5.41) is 10.4. The van der Waals surface area contributed by atoms with Crippen LogP contribution in [0.25, 0.3) is 0 Å². The fourth-order valence-corrected chi connectivity index (χ4v) is 1.67. The fraction of sp³-hybridized carbons (Fsp3) is 0.200. The van der Waals surface area contributed by atoms with E-state index in [0.29, 0.717) is 11.4 Å². The van der Waals surface area contributed by atoms with Crippen molar-refractivity contribution in [3.63, 3.8) is 0 Å². The van der Waals surface area contributed by atoms with E-state index in [2.05, 4.69) is 0 Å². The SMILES string of the molecule is CC(O)(COc1ccc(N)cc1)c1ccccc1. The molecular formula is C15H17NO2. The first-order chi connectivity index (χ1) is 8.58. The van der Waals surface area contributed by atoms with Crippen molar-refractivity contribution >= 4 is 5.69 Å². The van der Waals surface area contributed by atoms with Crippen LogP contribution in [0.3, 0.4) is 0 Å². The molecule has 3 N–H and O–H groups in total. The van der Waals surface area contributed by atoms with Gasteiger partial charge in [-0.05, 0) is 36.8 Å². The van der Waals surface area contributed by atoms with Gasteiger partial charge in [0.2, 0.25) is 0 Å². The number of hydrogen-bond donors (Lipinski definition) is 2. The summed E-state index contributed by atoms with van der Waals surface area (Å²) in [6.07, 6.45) is 0. The smallest absolute Gasteiger partial charge is 0.121 e. The lowest BCUT2D eigenvalue weighted by Crippen LogP contribution is -2.29. The molecule has 3 heteroatoms. The molecule has 1 atom stereocenters. The summed E-state index contributed by atoms with van der Waals surface area (Å²) in [4.78, 5) is 0. The molecule has 0 heterocycles. The van der Waals surface area contributed by atoms with Crippen LogP contribution in [0, 0.1) is 0 Å². The van der Waals surface area contributed by atoms with Crippen LogP contribution in [0.2, 0.25) is 0 Å². The van der Waals surface area contributed by atoms with Gasteiger partial charge in [0.15, 0.2) is 0 Å². The van der Waals surface area contributed by atoms with E-state index < -0.39 is 5.60 Å². The van der Waals surface area contributed by atoms with E-state index in [-0.39, 0.29) is 6.61 Å². The molecule has 0 aliphatic rings. The van der Waals surface area contributed by atoms with E-state index >= 15 is 0 Å². The Morgan fingerprint density at radius 1 is 1.06 bits per heavy atom. The minimum absolute atomic E-state index is 0.195. The van der Waals surface area contributed by atoms with Gasteiger partial charge in [-0.1, -0.05) is 30.3 Å². The van der Waals surface area contributed by atoms with Crippen LogP contribution in [0.4, 0.5) is 5.69 Å². The van der Waals surface area contributed by atoms with Crippen LogP contribution in [0.1, 0.15) is 12.5 Å². The Labute approximate surface area is 107 Å². The maximum Gasteiger partial charge on any atom is 0.121 e. The van der Waals surface area contributed by atoms with Crippen LogP contribution in [0.5, 0.6) is 5.75 Å². The molecule has 2 aromatic rings. The second-order valence-electron chi connectivity index (χ2n) is 4.50. The fourth-order valence-electron chi connectivity index (χ4n) is 1.67. The summed E-state index contributed by atoms with van der Waals surface area (Å²) in [6, 6.07) is 16.6. The van der Waals surface area contributed by atoms with Crippen LogP contribution in [-0.4, -0.2) is 11.7 Å². The van der Waals surface area contributed by atoms with E-state index in [1.54, 1.807) is 31.2 Å². The lowest BCUT2D eigenvalue weighted by Gasteiger charge is -2.24. The summed E-state index contributed by atoms with van der Waals surface area (Å²) < 4.78 is 5.57. The molecule has 0 fully saturated rings. The minimum Gasteiger partial charge on any atom is -0.490 e. The summed E-state index contributed by atoms with van der Waals surface area (Å²) >= 11 is 0. The monoisotopic (exact) mass is 243 g/mol. The molecule has 0 radical (unpaired) electrons.